The van der Waals surface area contributed by atoms with E-state index in [-0.39, 0.29) is 5.54 Å². The highest BCUT2D eigenvalue weighted by Gasteiger charge is 2.53. The third-order valence-electron chi connectivity index (χ3n) is 6.16. The third-order valence-corrected chi connectivity index (χ3v) is 6.16. The Balaban J connectivity index is 1.58. The van der Waals surface area contributed by atoms with Crippen molar-refractivity contribution in [1.29, 1.82) is 0 Å². The zero-order valence-electron chi connectivity index (χ0n) is 16.8. The van der Waals surface area contributed by atoms with Crippen molar-refractivity contribution in [2.45, 2.75) is 39.7 Å². The molecule has 0 amide bonds. The molecule has 3 heterocycles. The highest BCUT2D eigenvalue weighted by molar-refractivity contribution is 5.82. The number of hydrogen-bond acceptors (Lipinski definition) is 4. The Morgan fingerprint density at radius 3 is 2.62 bits per heavy atom. The van der Waals surface area contributed by atoms with Gasteiger partial charge in [0.2, 0.25) is 0 Å². The maximum atomic E-state index is 5.44. The van der Waals surface area contributed by atoms with Gasteiger partial charge < -0.3 is 19.4 Å². The number of furan rings is 1. The topological polar surface area (TPSA) is 53.2 Å². The van der Waals surface area contributed by atoms with Gasteiger partial charge in [0.15, 0.2) is 5.96 Å². The summed E-state index contributed by atoms with van der Waals surface area (Å²) < 4.78 is 10.9. The number of likely N-dealkylation sites (tertiary alicyclic amines) is 1. The van der Waals surface area contributed by atoms with Crippen LogP contribution in [-0.2, 0) is 11.2 Å². The van der Waals surface area contributed by atoms with Gasteiger partial charge in [0.1, 0.15) is 5.76 Å². The summed E-state index contributed by atoms with van der Waals surface area (Å²) in [5.41, 5.74) is 0.392. The molecule has 0 aliphatic carbocycles. The van der Waals surface area contributed by atoms with Crippen LogP contribution in [0.15, 0.2) is 27.8 Å². The van der Waals surface area contributed by atoms with Gasteiger partial charge in [0.25, 0.3) is 0 Å². The molecule has 2 aliphatic rings. The quantitative estimate of drug-likeness (QED) is 0.621. The van der Waals surface area contributed by atoms with Crippen LogP contribution < -0.4 is 5.32 Å². The molecule has 0 atom stereocenters. The number of nitrogens with zero attached hydrogens (tertiary/aromatic N) is 3. The second-order valence-electron chi connectivity index (χ2n) is 8.44. The number of hydrogen-bond donors (Lipinski definition) is 1. The van der Waals surface area contributed by atoms with Crippen LogP contribution in [0.25, 0.3) is 0 Å². The van der Waals surface area contributed by atoms with E-state index < -0.39 is 0 Å². The highest BCUT2D eigenvalue weighted by Crippen LogP contribution is 2.46. The maximum Gasteiger partial charge on any atom is 0.194 e. The Morgan fingerprint density at radius 2 is 2.00 bits per heavy atom. The molecule has 1 aromatic heterocycles. The number of aliphatic imine (C=N–C) groups is 1. The number of rotatable bonds is 6. The first-order valence-corrected chi connectivity index (χ1v) is 9.79. The average molecular weight is 363 g/mol. The molecule has 146 valence electrons. The molecule has 0 radical (unpaired) electrons. The lowest BCUT2D eigenvalue weighted by atomic mass is 9.65. The number of nitrogens with one attached hydrogen (secondary N) is 1. The summed E-state index contributed by atoms with van der Waals surface area (Å²) in [5, 5.41) is 3.56. The summed E-state index contributed by atoms with van der Waals surface area (Å²) in [6.07, 6.45) is 2.60. The lowest BCUT2D eigenvalue weighted by Crippen LogP contribution is -2.72. The molecule has 0 aromatic carbocycles. The predicted molar refractivity (Wildman–Crippen MR) is 105 cm³/mol. The number of ether oxygens (including phenoxy) is 1. The summed E-state index contributed by atoms with van der Waals surface area (Å²) in [6.45, 7) is 16.6. The van der Waals surface area contributed by atoms with E-state index in [9.17, 15) is 0 Å². The monoisotopic (exact) mass is 362 g/mol. The van der Waals surface area contributed by atoms with E-state index in [0.717, 1.165) is 70.6 Å². The first kappa shape index (κ1) is 19.2. The summed E-state index contributed by atoms with van der Waals surface area (Å²) in [4.78, 5) is 9.78. The Morgan fingerprint density at radius 1 is 1.23 bits per heavy atom. The zero-order chi connectivity index (χ0) is 18.6. The van der Waals surface area contributed by atoms with Gasteiger partial charge >= 0.3 is 0 Å². The van der Waals surface area contributed by atoms with Crippen molar-refractivity contribution in [3.05, 3.63) is 24.2 Å². The Kier molecular flexibility index (Phi) is 5.92. The first-order valence-electron chi connectivity index (χ1n) is 9.79. The molecule has 0 unspecified atom stereocenters. The molecule has 0 saturated carbocycles. The number of guanidine groups is 1. The molecule has 1 aromatic rings. The van der Waals surface area contributed by atoms with Gasteiger partial charge in [-0.3, -0.25) is 9.89 Å². The van der Waals surface area contributed by atoms with E-state index in [4.69, 9.17) is 14.1 Å². The third kappa shape index (κ3) is 4.23. The van der Waals surface area contributed by atoms with Crippen molar-refractivity contribution in [3.8, 4) is 0 Å². The highest BCUT2D eigenvalue weighted by atomic mass is 16.5. The van der Waals surface area contributed by atoms with Gasteiger partial charge in [-0.25, -0.2) is 0 Å². The molecule has 0 bridgehead atoms. The molecule has 6 nitrogen and oxygen atoms in total. The van der Waals surface area contributed by atoms with Gasteiger partial charge in [-0.1, -0.05) is 13.8 Å². The lowest BCUT2D eigenvalue weighted by molar-refractivity contribution is -0.0668. The minimum absolute atomic E-state index is 0.0997. The molecule has 1 N–H and O–H groups in total. The molecule has 2 aliphatic heterocycles. The van der Waals surface area contributed by atoms with Crippen LogP contribution in [0.2, 0.25) is 0 Å². The van der Waals surface area contributed by atoms with Crippen LogP contribution in [-0.4, -0.2) is 73.8 Å². The minimum atomic E-state index is 0.0997. The summed E-state index contributed by atoms with van der Waals surface area (Å²) in [7, 11) is 0. The largest absolute Gasteiger partial charge is 0.469 e. The van der Waals surface area contributed by atoms with Crippen LogP contribution in [0.5, 0.6) is 0 Å². The molecule has 0 spiro atoms. The predicted octanol–water partition coefficient (Wildman–Crippen LogP) is 2.22. The van der Waals surface area contributed by atoms with Crippen molar-refractivity contribution in [3.63, 3.8) is 0 Å². The SMILES string of the molecule is CC1(C)CN(C(=NCCN2CCOCC2)NCCc2ccco2)C1(C)C. The van der Waals surface area contributed by atoms with Crippen LogP contribution in [0.1, 0.15) is 33.5 Å². The van der Waals surface area contributed by atoms with E-state index in [1.54, 1.807) is 6.26 Å². The molecular weight excluding hydrogens is 328 g/mol. The number of morpholine rings is 1. The van der Waals surface area contributed by atoms with Crippen molar-refractivity contribution >= 4 is 5.96 Å². The zero-order valence-corrected chi connectivity index (χ0v) is 16.8. The molecule has 26 heavy (non-hydrogen) atoms. The van der Waals surface area contributed by atoms with Gasteiger partial charge in [0, 0.05) is 50.1 Å². The maximum absolute atomic E-state index is 5.44. The standard InChI is InChI=1S/C20H34N4O2/c1-19(2)16-24(20(19,3)4)18(21-8-7-17-6-5-13-26-17)22-9-10-23-11-14-25-15-12-23/h5-6,13H,7-12,14-16H2,1-4H3,(H,21,22). The fourth-order valence-electron chi connectivity index (χ4n) is 3.51. The van der Waals surface area contributed by atoms with Crippen LogP contribution in [0.4, 0.5) is 0 Å². The Hall–Kier alpha value is -1.53. The van der Waals surface area contributed by atoms with Crippen molar-refractivity contribution < 1.29 is 9.15 Å². The smallest absolute Gasteiger partial charge is 0.194 e. The fraction of sp³-hybridized carbons (Fsp3) is 0.750. The van der Waals surface area contributed by atoms with Gasteiger partial charge in [-0.15, -0.1) is 0 Å². The second-order valence-corrected chi connectivity index (χ2v) is 8.44. The summed E-state index contributed by atoms with van der Waals surface area (Å²) in [5.74, 6) is 2.03. The van der Waals surface area contributed by atoms with Gasteiger partial charge in [0.05, 0.1) is 26.0 Å². The van der Waals surface area contributed by atoms with Crippen LogP contribution in [0, 0.1) is 5.41 Å². The fourth-order valence-corrected chi connectivity index (χ4v) is 3.51. The molecular formula is C20H34N4O2. The van der Waals surface area contributed by atoms with Crippen molar-refractivity contribution in [2.75, 3.05) is 52.5 Å². The van der Waals surface area contributed by atoms with E-state index in [1.165, 1.54) is 0 Å². The molecule has 2 fully saturated rings. The molecule has 3 rings (SSSR count). The van der Waals surface area contributed by atoms with Gasteiger partial charge in [-0.2, -0.15) is 0 Å². The average Bonchev–Trinajstić information content (AvgIpc) is 3.13. The van der Waals surface area contributed by atoms with Crippen molar-refractivity contribution in [2.24, 2.45) is 10.4 Å². The normalized spacial score (nSPS) is 22.9. The summed E-state index contributed by atoms with van der Waals surface area (Å²) >= 11 is 0. The van der Waals surface area contributed by atoms with Crippen LogP contribution in [0.3, 0.4) is 0 Å². The van der Waals surface area contributed by atoms with Crippen molar-refractivity contribution in [1.82, 2.24) is 15.1 Å². The van der Waals surface area contributed by atoms with E-state index in [1.807, 2.05) is 12.1 Å². The molecule has 2 saturated heterocycles. The second kappa shape index (κ2) is 8.01. The summed E-state index contributed by atoms with van der Waals surface area (Å²) in [6, 6.07) is 3.96. The minimum Gasteiger partial charge on any atom is -0.469 e. The van der Waals surface area contributed by atoms with E-state index >= 15 is 0 Å². The Bertz CT molecular complexity index is 589. The van der Waals surface area contributed by atoms with E-state index in [0.29, 0.717) is 5.41 Å². The first-order chi connectivity index (χ1) is 12.4. The van der Waals surface area contributed by atoms with Crippen LogP contribution >= 0.6 is 0 Å². The molecule has 6 heteroatoms. The van der Waals surface area contributed by atoms with Gasteiger partial charge in [-0.05, 0) is 26.0 Å². The Labute approximate surface area is 157 Å². The lowest BCUT2D eigenvalue weighted by Gasteiger charge is -2.62. The van der Waals surface area contributed by atoms with E-state index in [2.05, 4.69) is 42.8 Å².